The summed E-state index contributed by atoms with van der Waals surface area (Å²) in [6.45, 7) is 0. The molecule has 0 radical (unpaired) electrons. The molecule has 0 spiro atoms. The Hall–Kier alpha value is -1.30. The first-order valence-corrected chi connectivity index (χ1v) is 3.87. The van der Waals surface area contributed by atoms with E-state index in [0.717, 1.165) is 0 Å². The molecule has 0 saturated carbocycles. The summed E-state index contributed by atoms with van der Waals surface area (Å²) in [5, 5.41) is 12.9. The van der Waals surface area contributed by atoms with Crippen molar-refractivity contribution in [3.63, 3.8) is 0 Å². The number of carbonyl (C=O) groups is 1. The monoisotopic (exact) mass is 168 g/mol. The standard InChI is InChI=1S/C5H4N4OS/c10-4-1-2-7-9(4)5-8-6-3-11-5/h2-3H,1H2. The minimum atomic E-state index is -0.0539. The Morgan fingerprint density at radius 2 is 2.55 bits per heavy atom. The Bertz CT molecular complexity index is 293. The highest BCUT2D eigenvalue weighted by Gasteiger charge is 2.20. The van der Waals surface area contributed by atoms with Crippen LogP contribution in [0.5, 0.6) is 0 Å². The minimum Gasteiger partial charge on any atom is -0.272 e. The fourth-order valence-corrected chi connectivity index (χ4v) is 1.30. The van der Waals surface area contributed by atoms with E-state index in [1.54, 1.807) is 11.7 Å². The highest BCUT2D eigenvalue weighted by atomic mass is 32.1. The van der Waals surface area contributed by atoms with Crippen LogP contribution in [0.2, 0.25) is 0 Å². The third-order valence-electron chi connectivity index (χ3n) is 1.23. The van der Waals surface area contributed by atoms with Crippen molar-refractivity contribution in [1.29, 1.82) is 0 Å². The maximum Gasteiger partial charge on any atom is 0.254 e. The van der Waals surface area contributed by atoms with Crippen molar-refractivity contribution >= 4 is 28.6 Å². The molecule has 1 aliphatic heterocycles. The second kappa shape index (κ2) is 2.39. The lowest BCUT2D eigenvalue weighted by molar-refractivity contribution is -0.116. The third kappa shape index (κ3) is 1.01. The first-order valence-electron chi connectivity index (χ1n) is 2.99. The number of hydrogen-bond acceptors (Lipinski definition) is 5. The number of hydrogen-bond donors (Lipinski definition) is 0. The Labute approximate surface area is 66.4 Å². The topological polar surface area (TPSA) is 58.5 Å². The quantitative estimate of drug-likeness (QED) is 0.604. The summed E-state index contributed by atoms with van der Waals surface area (Å²) in [6.07, 6.45) is 1.92. The van der Waals surface area contributed by atoms with Crippen LogP contribution in [-0.4, -0.2) is 22.3 Å². The minimum absolute atomic E-state index is 0.0539. The van der Waals surface area contributed by atoms with Gasteiger partial charge in [-0.15, -0.1) is 10.2 Å². The Morgan fingerprint density at radius 3 is 3.09 bits per heavy atom. The van der Waals surface area contributed by atoms with Crippen molar-refractivity contribution in [3.8, 4) is 0 Å². The summed E-state index contributed by atoms with van der Waals surface area (Å²) in [6, 6.07) is 0. The van der Waals surface area contributed by atoms with Crippen LogP contribution < -0.4 is 5.01 Å². The number of hydrazone groups is 1. The zero-order valence-corrected chi connectivity index (χ0v) is 6.28. The Kier molecular flexibility index (Phi) is 1.39. The number of anilines is 1. The summed E-state index contributed by atoms with van der Waals surface area (Å²) in [5.41, 5.74) is 1.57. The molecule has 1 aromatic rings. The smallest absolute Gasteiger partial charge is 0.254 e. The molecule has 2 heterocycles. The normalized spacial score (nSPS) is 16.4. The van der Waals surface area contributed by atoms with E-state index < -0.39 is 0 Å². The highest BCUT2D eigenvalue weighted by Crippen LogP contribution is 2.18. The van der Waals surface area contributed by atoms with Gasteiger partial charge in [-0.1, -0.05) is 11.3 Å². The molecule has 0 saturated heterocycles. The Morgan fingerprint density at radius 1 is 1.64 bits per heavy atom. The van der Waals surface area contributed by atoms with Crippen molar-refractivity contribution in [1.82, 2.24) is 10.2 Å². The van der Waals surface area contributed by atoms with Gasteiger partial charge in [0, 0.05) is 6.21 Å². The molecular weight excluding hydrogens is 164 g/mol. The summed E-state index contributed by atoms with van der Waals surface area (Å²) < 4.78 is 0. The Balaban J connectivity index is 2.30. The fraction of sp³-hybridized carbons (Fsp3) is 0.200. The van der Waals surface area contributed by atoms with Crippen LogP contribution in [0.1, 0.15) is 6.42 Å². The van der Waals surface area contributed by atoms with Gasteiger partial charge in [-0.3, -0.25) is 4.79 Å². The number of aromatic nitrogens is 2. The van der Waals surface area contributed by atoms with Gasteiger partial charge in [-0.2, -0.15) is 10.1 Å². The summed E-state index contributed by atoms with van der Waals surface area (Å²) in [5.74, 6) is -0.0539. The molecule has 6 heteroatoms. The van der Waals surface area contributed by atoms with Gasteiger partial charge in [0.15, 0.2) is 0 Å². The maximum atomic E-state index is 11.0. The molecule has 1 amide bonds. The fourth-order valence-electron chi connectivity index (χ4n) is 0.767. The lowest BCUT2D eigenvalue weighted by Gasteiger charge is -2.04. The molecule has 0 aromatic carbocycles. The molecule has 0 atom stereocenters. The van der Waals surface area contributed by atoms with E-state index in [2.05, 4.69) is 15.3 Å². The number of rotatable bonds is 1. The molecule has 1 aliphatic rings. The zero-order chi connectivity index (χ0) is 7.68. The van der Waals surface area contributed by atoms with Crippen molar-refractivity contribution in [2.75, 3.05) is 5.01 Å². The molecule has 5 nitrogen and oxygen atoms in total. The van der Waals surface area contributed by atoms with Crippen LogP contribution >= 0.6 is 11.3 Å². The zero-order valence-electron chi connectivity index (χ0n) is 5.47. The van der Waals surface area contributed by atoms with E-state index in [0.29, 0.717) is 11.6 Å². The van der Waals surface area contributed by atoms with Crippen molar-refractivity contribution in [2.45, 2.75) is 6.42 Å². The van der Waals surface area contributed by atoms with Crippen molar-refractivity contribution < 1.29 is 4.79 Å². The van der Waals surface area contributed by atoms with E-state index in [4.69, 9.17) is 0 Å². The van der Waals surface area contributed by atoms with Crippen LogP contribution in [-0.2, 0) is 4.79 Å². The predicted molar refractivity (Wildman–Crippen MR) is 40.5 cm³/mol. The van der Waals surface area contributed by atoms with Gasteiger partial charge in [0.05, 0.1) is 6.42 Å². The first-order chi connectivity index (χ1) is 5.38. The van der Waals surface area contributed by atoms with Gasteiger partial charge in [0.25, 0.3) is 5.91 Å². The van der Waals surface area contributed by atoms with E-state index in [9.17, 15) is 4.79 Å². The number of nitrogens with zero attached hydrogens (tertiary/aromatic N) is 4. The van der Waals surface area contributed by atoms with E-state index in [-0.39, 0.29) is 5.91 Å². The second-order valence-electron chi connectivity index (χ2n) is 1.93. The summed E-state index contributed by atoms with van der Waals surface area (Å²) in [4.78, 5) is 11.0. The van der Waals surface area contributed by atoms with E-state index in [1.165, 1.54) is 16.3 Å². The molecule has 11 heavy (non-hydrogen) atoms. The SMILES string of the molecule is O=C1CC=NN1c1nncs1. The molecule has 0 N–H and O–H groups in total. The van der Waals surface area contributed by atoms with Crippen LogP contribution in [0, 0.1) is 0 Å². The lowest BCUT2D eigenvalue weighted by Crippen LogP contribution is -2.19. The molecule has 0 fully saturated rings. The van der Waals surface area contributed by atoms with Gasteiger partial charge in [-0.05, 0) is 0 Å². The lowest BCUT2D eigenvalue weighted by atomic mass is 10.5. The highest BCUT2D eigenvalue weighted by molar-refractivity contribution is 7.13. The largest absolute Gasteiger partial charge is 0.272 e. The molecule has 56 valence electrons. The van der Waals surface area contributed by atoms with Crippen molar-refractivity contribution in [2.24, 2.45) is 5.10 Å². The number of amides is 1. The van der Waals surface area contributed by atoms with Gasteiger partial charge in [0.1, 0.15) is 5.51 Å². The van der Waals surface area contributed by atoms with Gasteiger partial charge >= 0.3 is 0 Å². The van der Waals surface area contributed by atoms with Crippen LogP contribution in [0.3, 0.4) is 0 Å². The molecular formula is C5H4N4OS. The average molecular weight is 168 g/mol. The predicted octanol–water partition coefficient (Wildman–Crippen LogP) is 0.261. The van der Waals surface area contributed by atoms with E-state index in [1.807, 2.05) is 0 Å². The molecule has 0 unspecified atom stereocenters. The molecule has 2 rings (SSSR count). The van der Waals surface area contributed by atoms with Gasteiger partial charge < -0.3 is 0 Å². The van der Waals surface area contributed by atoms with Crippen LogP contribution in [0.4, 0.5) is 5.13 Å². The van der Waals surface area contributed by atoms with Crippen LogP contribution in [0.15, 0.2) is 10.6 Å². The van der Waals surface area contributed by atoms with Gasteiger partial charge in [-0.25, -0.2) is 0 Å². The maximum absolute atomic E-state index is 11.0. The molecule has 0 bridgehead atoms. The van der Waals surface area contributed by atoms with Crippen LogP contribution in [0.25, 0.3) is 0 Å². The summed E-state index contributed by atoms with van der Waals surface area (Å²) >= 11 is 1.29. The van der Waals surface area contributed by atoms with Gasteiger partial charge in [0.2, 0.25) is 5.13 Å². The average Bonchev–Trinajstić information content (AvgIpc) is 2.55. The van der Waals surface area contributed by atoms with E-state index >= 15 is 0 Å². The molecule has 1 aromatic heterocycles. The second-order valence-corrected chi connectivity index (χ2v) is 2.74. The third-order valence-corrected chi connectivity index (χ3v) is 1.89. The molecule has 0 aliphatic carbocycles. The number of carbonyl (C=O) groups excluding carboxylic acids is 1. The summed E-state index contributed by atoms with van der Waals surface area (Å²) in [7, 11) is 0. The first kappa shape index (κ1) is 6.41. The van der Waals surface area contributed by atoms with Crippen molar-refractivity contribution in [3.05, 3.63) is 5.51 Å².